The van der Waals surface area contributed by atoms with Gasteiger partial charge in [0.25, 0.3) is 5.91 Å². The normalized spacial score (nSPS) is 15.5. The van der Waals surface area contributed by atoms with Crippen molar-refractivity contribution in [3.05, 3.63) is 35.4 Å². The lowest BCUT2D eigenvalue weighted by atomic mass is 10.1. The van der Waals surface area contributed by atoms with E-state index in [-0.39, 0.29) is 12.5 Å². The van der Waals surface area contributed by atoms with Crippen LogP contribution in [0, 0.1) is 6.92 Å². The van der Waals surface area contributed by atoms with E-state index in [0.29, 0.717) is 5.90 Å². The number of hydrogen-bond acceptors (Lipinski definition) is 3. The average Bonchev–Trinajstić information content (AvgIpc) is 2.21. The van der Waals surface area contributed by atoms with Gasteiger partial charge in [0.15, 0.2) is 6.61 Å². The van der Waals surface area contributed by atoms with Crippen molar-refractivity contribution in [2.24, 2.45) is 5.10 Å². The molecule has 72 valence electrons. The Labute approximate surface area is 81.6 Å². The molecule has 0 radical (unpaired) electrons. The van der Waals surface area contributed by atoms with Crippen molar-refractivity contribution >= 4 is 11.8 Å². The maximum absolute atomic E-state index is 10.8. The maximum Gasteiger partial charge on any atom is 0.278 e. The smallest absolute Gasteiger partial charge is 0.278 e. The molecular weight excluding hydrogens is 180 g/mol. The highest BCUT2D eigenvalue weighted by atomic mass is 16.5. The highest BCUT2D eigenvalue weighted by Crippen LogP contribution is 2.06. The van der Waals surface area contributed by atoms with Crippen LogP contribution in [0.25, 0.3) is 0 Å². The monoisotopic (exact) mass is 190 g/mol. The molecule has 2 rings (SSSR count). The molecule has 4 heteroatoms. The number of carbonyl (C=O) groups excluding carboxylic acids is 1. The van der Waals surface area contributed by atoms with Crippen LogP contribution in [0.1, 0.15) is 11.1 Å². The lowest BCUT2D eigenvalue weighted by Crippen LogP contribution is -2.32. The van der Waals surface area contributed by atoms with Crippen LogP contribution in [0.5, 0.6) is 0 Å². The first-order chi connectivity index (χ1) is 6.75. The van der Waals surface area contributed by atoms with Gasteiger partial charge in [0.2, 0.25) is 5.90 Å². The van der Waals surface area contributed by atoms with Crippen molar-refractivity contribution in [3.63, 3.8) is 0 Å². The largest absolute Gasteiger partial charge is 0.466 e. The van der Waals surface area contributed by atoms with Crippen molar-refractivity contribution in [2.75, 3.05) is 6.61 Å². The number of nitrogens with one attached hydrogen (secondary N) is 1. The van der Waals surface area contributed by atoms with E-state index >= 15 is 0 Å². The number of amides is 1. The zero-order valence-electron chi connectivity index (χ0n) is 7.78. The van der Waals surface area contributed by atoms with Crippen LogP contribution in [-0.4, -0.2) is 18.4 Å². The molecule has 14 heavy (non-hydrogen) atoms. The third kappa shape index (κ3) is 1.74. The minimum absolute atomic E-state index is 0.0344. The summed E-state index contributed by atoms with van der Waals surface area (Å²) < 4.78 is 5.15. The van der Waals surface area contributed by atoms with E-state index in [1.807, 2.05) is 31.2 Å². The second-order valence-electron chi connectivity index (χ2n) is 3.11. The molecule has 0 spiro atoms. The van der Waals surface area contributed by atoms with Crippen LogP contribution in [0.2, 0.25) is 0 Å². The van der Waals surface area contributed by atoms with Gasteiger partial charge in [0, 0.05) is 5.56 Å². The Hall–Kier alpha value is -1.84. The minimum Gasteiger partial charge on any atom is -0.466 e. The Bertz CT molecular complexity index is 382. The number of hydrazone groups is 1. The number of carbonyl (C=O) groups is 1. The standard InChI is InChI=1S/C10H10N2O2/c1-7-2-4-8(5-3-7)10-12-11-9(13)6-14-10/h2-5H,6H2,1H3,(H,11,13). The molecule has 0 saturated carbocycles. The van der Waals surface area contributed by atoms with Crippen LogP contribution in [0.3, 0.4) is 0 Å². The van der Waals surface area contributed by atoms with Crippen LogP contribution >= 0.6 is 0 Å². The summed E-state index contributed by atoms with van der Waals surface area (Å²) in [6, 6.07) is 7.76. The van der Waals surface area contributed by atoms with Gasteiger partial charge in [0.05, 0.1) is 0 Å². The van der Waals surface area contributed by atoms with Crippen LogP contribution in [0.4, 0.5) is 0 Å². The first kappa shape index (κ1) is 8.74. The van der Waals surface area contributed by atoms with E-state index in [1.165, 1.54) is 5.56 Å². The predicted octanol–water partition coefficient (Wildman–Crippen LogP) is 0.803. The summed E-state index contributed by atoms with van der Waals surface area (Å²) in [6.45, 7) is 2.04. The molecular formula is C10H10N2O2. The maximum atomic E-state index is 10.8. The molecule has 0 aromatic heterocycles. The third-order valence-corrected chi connectivity index (χ3v) is 1.92. The minimum atomic E-state index is -0.221. The fourth-order valence-electron chi connectivity index (χ4n) is 1.16. The average molecular weight is 190 g/mol. The highest BCUT2D eigenvalue weighted by molar-refractivity contribution is 5.97. The quantitative estimate of drug-likeness (QED) is 0.712. The summed E-state index contributed by atoms with van der Waals surface area (Å²) in [5.41, 5.74) is 4.42. The Morgan fingerprint density at radius 2 is 2.07 bits per heavy atom. The van der Waals surface area contributed by atoms with E-state index in [2.05, 4.69) is 10.5 Å². The number of ether oxygens (including phenoxy) is 1. The molecule has 1 aliphatic heterocycles. The Morgan fingerprint density at radius 1 is 1.36 bits per heavy atom. The molecule has 0 unspecified atom stereocenters. The van der Waals surface area contributed by atoms with Crippen LogP contribution < -0.4 is 5.43 Å². The summed E-state index contributed by atoms with van der Waals surface area (Å²) in [4.78, 5) is 10.8. The van der Waals surface area contributed by atoms with Crippen molar-refractivity contribution < 1.29 is 9.53 Å². The molecule has 1 amide bonds. The van der Waals surface area contributed by atoms with E-state index in [0.717, 1.165) is 5.56 Å². The molecule has 0 fully saturated rings. The summed E-state index contributed by atoms with van der Waals surface area (Å²) in [7, 11) is 0. The molecule has 0 saturated heterocycles. The Kier molecular flexibility index (Phi) is 2.18. The van der Waals surface area contributed by atoms with Crippen LogP contribution in [-0.2, 0) is 9.53 Å². The van der Waals surface area contributed by atoms with Gasteiger partial charge in [-0.05, 0) is 19.1 Å². The molecule has 0 bridgehead atoms. The lowest BCUT2D eigenvalue weighted by Gasteiger charge is -2.13. The second kappa shape index (κ2) is 3.49. The fraction of sp³-hybridized carbons (Fsp3) is 0.200. The molecule has 1 heterocycles. The Morgan fingerprint density at radius 3 is 2.64 bits per heavy atom. The van der Waals surface area contributed by atoms with Gasteiger partial charge in [0.1, 0.15) is 0 Å². The van der Waals surface area contributed by atoms with E-state index in [4.69, 9.17) is 4.74 Å². The highest BCUT2D eigenvalue weighted by Gasteiger charge is 2.13. The molecule has 1 aromatic rings. The van der Waals surface area contributed by atoms with Crippen molar-refractivity contribution in [3.8, 4) is 0 Å². The van der Waals surface area contributed by atoms with Gasteiger partial charge in [-0.25, -0.2) is 5.43 Å². The third-order valence-electron chi connectivity index (χ3n) is 1.92. The van der Waals surface area contributed by atoms with Crippen molar-refractivity contribution in [1.29, 1.82) is 0 Å². The first-order valence-corrected chi connectivity index (χ1v) is 4.32. The zero-order chi connectivity index (χ0) is 9.97. The molecule has 1 aromatic carbocycles. The van der Waals surface area contributed by atoms with Crippen LogP contribution in [0.15, 0.2) is 29.4 Å². The topological polar surface area (TPSA) is 50.7 Å². The second-order valence-corrected chi connectivity index (χ2v) is 3.11. The number of aryl methyl sites for hydroxylation is 1. The summed E-state index contributed by atoms with van der Waals surface area (Å²) >= 11 is 0. The van der Waals surface area contributed by atoms with E-state index in [1.54, 1.807) is 0 Å². The number of rotatable bonds is 1. The van der Waals surface area contributed by atoms with Crippen molar-refractivity contribution in [2.45, 2.75) is 6.92 Å². The van der Waals surface area contributed by atoms with Gasteiger partial charge >= 0.3 is 0 Å². The molecule has 1 aliphatic rings. The zero-order valence-corrected chi connectivity index (χ0v) is 7.78. The van der Waals surface area contributed by atoms with Gasteiger partial charge in [-0.2, -0.15) is 0 Å². The molecule has 0 atom stereocenters. The van der Waals surface area contributed by atoms with E-state index < -0.39 is 0 Å². The molecule has 1 N–H and O–H groups in total. The van der Waals surface area contributed by atoms with E-state index in [9.17, 15) is 4.79 Å². The molecule has 0 aliphatic carbocycles. The SMILES string of the molecule is Cc1ccc(C2=NNC(=O)CO2)cc1. The van der Waals surface area contributed by atoms with Gasteiger partial charge in [-0.1, -0.05) is 17.7 Å². The van der Waals surface area contributed by atoms with Gasteiger partial charge < -0.3 is 4.74 Å². The summed E-state index contributed by atoms with van der Waals surface area (Å²) in [5.74, 6) is 0.241. The van der Waals surface area contributed by atoms with Gasteiger partial charge in [-0.15, -0.1) is 5.10 Å². The number of hydrogen-bond donors (Lipinski definition) is 1. The summed E-state index contributed by atoms with van der Waals surface area (Å²) in [6.07, 6.45) is 0. The Balaban J connectivity index is 2.23. The number of nitrogens with zero attached hydrogens (tertiary/aromatic N) is 1. The van der Waals surface area contributed by atoms with Crippen molar-refractivity contribution in [1.82, 2.24) is 5.43 Å². The lowest BCUT2D eigenvalue weighted by molar-refractivity contribution is -0.124. The fourth-order valence-corrected chi connectivity index (χ4v) is 1.16. The predicted molar refractivity (Wildman–Crippen MR) is 51.8 cm³/mol. The molecule has 4 nitrogen and oxygen atoms in total. The summed E-state index contributed by atoms with van der Waals surface area (Å²) in [5, 5.41) is 3.81. The van der Waals surface area contributed by atoms with Gasteiger partial charge in [-0.3, -0.25) is 4.79 Å². The number of benzene rings is 1. The first-order valence-electron chi connectivity index (χ1n) is 4.32.